The molecular weight excluding hydrogens is 388 g/mol. The summed E-state index contributed by atoms with van der Waals surface area (Å²) < 4.78 is 10.8. The van der Waals surface area contributed by atoms with Crippen LogP contribution in [0.5, 0.6) is 11.5 Å². The highest BCUT2D eigenvalue weighted by Crippen LogP contribution is 2.29. The summed E-state index contributed by atoms with van der Waals surface area (Å²) >= 11 is 0. The number of methoxy groups -OCH3 is 2. The Bertz CT molecular complexity index is 1020. The third-order valence-electron chi connectivity index (χ3n) is 5.23. The molecule has 0 radical (unpaired) electrons. The maximum atomic E-state index is 12.8. The second-order valence-electron chi connectivity index (χ2n) is 7.78. The van der Waals surface area contributed by atoms with Crippen molar-refractivity contribution < 1.29 is 14.3 Å². The summed E-state index contributed by atoms with van der Waals surface area (Å²) in [7, 11) is 7.29. The van der Waals surface area contributed by atoms with Crippen molar-refractivity contribution in [2.24, 2.45) is 0 Å². The fourth-order valence-electron chi connectivity index (χ4n) is 3.61. The molecule has 0 saturated heterocycles. The Morgan fingerprint density at radius 3 is 2.13 bits per heavy atom. The van der Waals surface area contributed by atoms with Crippen molar-refractivity contribution in [1.82, 2.24) is 10.2 Å². The highest BCUT2D eigenvalue weighted by atomic mass is 16.5. The van der Waals surface area contributed by atoms with Crippen molar-refractivity contribution in [1.29, 1.82) is 0 Å². The van der Waals surface area contributed by atoms with Crippen LogP contribution in [0, 0.1) is 6.92 Å². The molecule has 0 atom stereocenters. The van der Waals surface area contributed by atoms with Crippen molar-refractivity contribution in [3.05, 3.63) is 82.9 Å². The van der Waals surface area contributed by atoms with E-state index in [0.29, 0.717) is 23.6 Å². The number of benzene rings is 3. The van der Waals surface area contributed by atoms with E-state index < -0.39 is 0 Å². The molecule has 3 aromatic rings. The fraction of sp³-hybridized carbons (Fsp3) is 0.269. The summed E-state index contributed by atoms with van der Waals surface area (Å²) in [6.07, 6.45) is 0. The van der Waals surface area contributed by atoms with Crippen LogP contribution in [0.2, 0.25) is 0 Å². The maximum Gasteiger partial charge on any atom is 0.251 e. The van der Waals surface area contributed by atoms with Crippen LogP contribution in [0.1, 0.15) is 27.0 Å². The van der Waals surface area contributed by atoms with E-state index in [0.717, 1.165) is 28.8 Å². The van der Waals surface area contributed by atoms with Gasteiger partial charge in [0.25, 0.3) is 5.91 Å². The predicted octanol–water partition coefficient (Wildman–Crippen LogP) is 4.67. The molecule has 162 valence electrons. The van der Waals surface area contributed by atoms with Crippen molar-refractivity contribution in [2.75, 3.05) is 28.3 Å². The van der Waals surface area contributed by atoms with E-state index in [1.807, 2.05) is 25.1 Å². The van der Waals surface area contributed by atoms with E-state index in [4.69, 9.17) is 9.47 Å². The largest absolute Gasteiger partial charge is 0.496 e. The minimum absolute atomic E-state index is 0.173. The van der Waals surface area contributed by atoms with Crippen LogP contribution in [0.4, 0.5) is 0 Å². The first kappa shape index (κ1) is 22.4. The van der Waals surface area contributed by atoms with E-state index in [1.54, 1.807) is 26.4 Å². The first-order valence-electron chi connectivity index (χ1n) is 10.3. The number of nitrogens with one attached hydrogen (secondary N) is 1. The summed E-state index contributed by atoms with van der Waals surface area (Å²) in [4.78, 5) is 15.0. The fourth-order valence-corrected chi connectivity index (χ4v) is 3.61. The van der Waals surface area contributed by atoms with Crippen LogP contribution in [-0.2, 0) is 13.1 Å². The molecule has 3 aromatic carbocycles. The normalized spacial score (nSPS) is 10.8. The molecule has 0 spiro atoms. The van der Waals surface area contributed by atoms with Gasteiger partial charge < -0.3 is 19.7 Å². The number of hydrogen-bond acceptors (Lipinski definition) is 4. The Kier molecular flexibility index (Phi) is 7.32. The van der Waals surface area contributed by atoms with Crippen molar-refractivity contribution in [3.63, 3.8) is 0 Å². The molecule has 0 aliphatic carbocycles. The van der Waals surface area contributed by atoms with Gasteiger partial charge in [-0.1, -0.05) is 48.5 Å². The number of carbonyl (C=O) groups excluding carboxylic acids is 1. The van der Waals surface area contributed by atoms with Crippen LogP contribution in [-0.4, -0.2) is 39.1 Å². The Balaban J connectivity index is 1.78. The standard InChI is InChI=1S/C26H30N2O3/c1-18-24(30-4)14-22(15-25(18)31-5)26(29)27-16-21-8-6-7-9-23(21)20-12-10-19(11-13-20)17-28(2)3/h6-15H,16-17H2,1-5H3,(H,27,29). The lowest BCUT2D eigenvalue weighted by atomic mass is 9.98. The van der Waals surface area contributed by atoms with Crippen LogP contribution in [0.25, 0.3) is 11.1 Å². The molecule has 31 heavy (non-hydrogen) atoms. The lowest BCUT2D eigenvalue weighted by Crippen LogP contribution is -2.23. The van der Waals surface area contributed by atoms with Gasteiger partial charge in [-0.25, -0.2) is 0 Å². The van der Waals surface area contributed by atoms with Gasteiger partial charge in [-0.2, -0.15) is 0 Å². The smallest absolute Gasteiger partial charge is 0.251 e. The van der Waals surface area contributed by atoms with Gasteiger partial charge in [-0.15, -0.1) is 0 Å². The molecule has 5 nitrogen and oxygen atoms in total. The second-order valence-corrected chi connectivity index (χ2v) is 7.78. The zero-order valence-corrected chi connectivity index (χ0v) is 18.9. The molecule has 5 heteroatoms. The number of ether oxygens (including phenoxy) is 2. The van der Waals surface area contributed by atoms with Crippen LogP contribution >= 0.6 is 0 Å². The molecule has 0 saturated carbocycles. The molecule has 0 heterocycles. The number of hydrogen-bond donors (Lipinski definition) is 1. The summed E-state index contributed by atoms with van der Waals surface area (Å²) in [6, 6.07) is 20.2. The van der Waals surface area contributed by atoms with Gasteiger partial charge >= 0.3 is 0 Å². The first-order valence-corrected chi connectivity index (χ1v) is 10.3. The summed E-state index contributed by atoms with van der Waals surface area (Å²) in [5.74, 6) is 1.08. The molecule has 0 aliphatic rings. The van der Waals surface area contributed by atoms with E-state index in [2.05, 4.69) is 54.6 Å². The number of carbonyl (C=O) groups is 1. The molecule has 0 unspecified atom stereocenters. The third-order valence-corrected chi connectivity index (χ3v) is 5.23. The van der Waals surface area contributed by atoms with Crippen LogP contribution < -0.4 is 14.8 Å². The summed E-state index contributed by atoms with van der Waals surface area (Å²) in [5, 5.41) is 3.03. The lowest BCUT2D eigenvalue weighted by molar-refractivity contribution is 0.0950. The average molecular weight is 419 g/mol. The topological polar surface area (TPSA) is 50.8 Å². The summed E-state index contributed by atoms with van der Waals surface area (Å²) in [6.45, 7) is 3.23. The molecule has 1 amide bonds. The number of amides is 1. The highest BCUT2D eigenvalue weighted by Gasteiger charge is 2.14. The summed E-state index contributed by atoms with van der Waals surface area (Å²) in [5.41, 5.74) is 5.93. The molecular formula is C26H30N2O3. The average Bonchev–Trinajstić information content (AvgIpc) is 2.78. The first-order chi connectivity index (χ1) is 14.9. The molecule has 0 fully saturated rings. The van der Waals surface area contributed by atoms with E-state index in [9.17, 15) is 4.79 Å². The number of rotatable bonds is 8. The Hall–Kier alpha value is -3.31. The minimum atomic E-state index is -0.173. The van der Waals surface area contributed by atoms with Crippen molar-refractivity contribution in [2.45, 2.75) is 20.0 Å². The van der Waals surface area contributed by atoms with Gasteiger partial charge in [0.05, 0.1) is 14.2 Å². The quantitative estimate of drug-likeness (QED) is 0.578. The minimum Gasteiger partial charge on any atom is -0.496 e. The van der Waals surface area contributed by atoms with Gasteiger partial charge in [0.2, 0.25) is 0 Å². The Morgan fingerprint density at radius 1 is 0.935 bits per heavy atom. The van der Waals surface area contributed by atoms with Crippen LogP contribution in [0.3, 0.4) is 0 Å². The Morgan fingerprint density at radius 2 is 1.55 bits per heavy atom. The molecule has 1 N–H and O–H groups in total. The van der Waals surface area contributed by atoms with Crippen molar-refractivity contribution >= 4 is 5.91 Å². The molecule has 3 rings (SSSR count). The highest BCUT2D eigenvalue weighted by molar-refractivity contribution is 5.95. The van der Waals surface area contributed by atoms with Crippen LogP contribution in [0.15, 0.2) is 60.7 Å². The SMILES string of the molecule is COc1cc(C(=O)NCc2ccccc2-c2ccc(CN(C)C)cc2)cc(OC)c1C. The monoisotopic (exact) mass is 418 g/mol. The molecule has 0 bridgehead atoms. The number of nitrogens with zero attached hydrogens (tertiary/aromatic N) is 1. The van der Waals surface area contributed by atoms with Gasteiger partial charge in [0.1, 0.15) is 11.5 Å². The Labute approximate surface area is 184 Å². The molecule has 0 aromatic heterocycles. The third kappa shape index (κ3) is 5.44. The van der Waals surface area contributed by atoms with Gasteiger partial charge in [-0.3, -0.25) is 4.79 Å². The van der Waals surface area contributed by atoms with E-state index in [-0.39, 0.29) is 5.91 Å². The second kappa shape index (κ2) is 10.1. The van der Waals surface area contributed by atoms with Gasteiger partial charge in [-0.05, 0) is 55.4 Å². The van der Waals surface area contributed by atoms with Crippen molar-refractivity contribution in [3.8, 4) is 22.6 Å². The lowest BCUT2D eigenvalue weighted by Gasteiger charge is -2.14. The zero-order valence-electron chi connectivity index (χ0n) is 18.9. The van der Waals surface area contributed by atoms with Gasteiger partial charge in [0, 0.05) is 24.2 Å². The van der Waals surface area contributed by atoms with Gasteiger partial charge in [0.15, 0.2) is 0 Å². The van der Waals surface area contributed by atoms with E-state index in [1.165, 1.54) is 5.56 Å². The predicted molar refractivity (Wildman–Crippen MR) is 125 cm³/mol. The van der Waals surface area contributed by atoms with E-state index >= 15 is 0 Å². The molecule has 0 aliphatic heterocycles. The maximum absolute atomic E-state index is 12.8. The zero-order chi connectivity index (χ0) is 22.4.